The first-order chi connectivity index (χ1) is 14.5. The Hall–Kier alpha value is -3.28. The number of hydrogen-bond donors (Lipinski definition) is 1. The number of piperidine rings is 1. The second kappa shape index (κ2) is 8.61. The summed E-state index contributed by atoms with van der Waals surface area (Å²) >= 11 is 0. The highest BCUT2D eigenvalue weighted by Gasteiger charge is 2.26. The summed E-state index contributed by atoms with van der Waals surface area (Å²) in [6.07, 6.45) is 1.54. The van der Waals surface area contributed by atoms with Gasteiger partial charge in [0.2, 0.25) is 5.91 Å². The van der Waals surface area contributed by atoms with Gasteiger partial charge in [-0.2, -0.15) is 0 Å². The maximum absolute atomic E-state index is 13.4. The van der Waals surface area contributed by atoms with Gasteiger partial charge in [0, 0.05) is 30.3 Å². The van der Waals surface area contributed by atoms with E-state index in [4.69, 9.17) is 0 Å². The molecule has 1 aromatic heterocycles. The van der Waals surface area contributed by atoms with Crippen LogP contribution < -0.4 is 10.2 Å². The number of aromatic nitrogens is 2. The Bertz CT molecular complexity index is 1020. The second-order valence-corrected chi connectivity index (χ2v) is 7.91. The van der Waals surface area contributed by atoms with Crippen LogP contribution in [0, 0.1) is 25.6 Å². The van der Waals surface area contributed by atoms with E-state index in [0.29, 0.717) is 11.3 Å². The summed E-state index contributed by atoms with van der Waals surface area (Å²) in [5.74, 6) is 0.552. The first-order valence-electron chi connectivity index (χ1n) is 10.2. The molecule has 2 heterocycles. The molecule has 5 nitrogen and oxygen atoms in total. The van der Waals surface area contributed by atoms with Gasteiger partial charge in [-0.3, -0.25) is 4.79 Å². The molecule has 2 aromatic carbocycles. The summed E-state index contributed by atoms with van der Waals surface area (Å²) in [6, 6.07) is 16.2. The average Bonchev–Trinajstić information content (AvgIpc) is 2.73. The molecule has 154 valence electrons. The van der Waals surface area contributed by atoms with Gasteiger partial charge in [-0.1, -0.05) is 18.2 Å². The molecule has 0 saturated carbocycles. The highest BCUT2D eigenvalue weighted by Crippen LogP contribution is 2.25. The average molecular weight is 404 g/mol. The molecular formula is C24H25FN4O. The van der Waals surface area contributed by atoms with Crippen LogP contribution in [-0.2, 0) is 4.79 Å². The fourth-order valence-electron chi connectivity index (χ4n) is 3.96. The van der Waals surface area contributed by atoms with E-state index >= 15 is 0 Å². The van der Waals surface area contributed by atoms with Crippen molar-refractivity contribution >= 4 is 17.4 Å². The molecule has 1 fully saturated rings. The Morgan fingerprint density at radius 1 is 1.00 bits per heavy atom. The third-order valence-electron chi connectivity index (χ3n) is 5.45. The lowest BCUT2D eigenvalue weighted by molar-refractivity contribution is -0.120. The van der Waals surface area contributed by atoms with E-state index < -0.39 is 0 Å². The van der Waals surface area contributed by atoms with Crippen LogP contribution in [0.3, 0.4) is 0 Å². The van der Waals surface area contributed by atoms with E-state index in [1.54, 1.807) is 6.07 Å². The Morgan fingerprint density at radius 3 is 2.37 bits per heavy atom. The van der Waals surface area contributed by atoms with Crippen LogP contribution in [0.25, 0.3) is 11.3 Å². The lowest BCUT2D eigenvalue weighted by Crippen LogP contribution is -2.38. The number of nitrogens with one attached hydrogen (secondary N) is 1. The van der Waals surface area contributed by atoms with E-state index in [1.807, 2.05) is 44.2 Å². The molecule has 0 unspecified atom stereocenters. The van der Waals surface area contributed by atoms with Gasteiger partial charge in [-0.05, 0) is 74.2 Å². The molecule has 4 rings (SSSR count). The molecule has 0 atom stereocenters. The molecule has 1 amide bonds. The van der Waals surface area contributed by atoms with Crippen molar-refractivity contribution in [2.45, 2.75) is 26.7 Å². The fourth-order valence-corrected chi connectivity index (χ4v) is 3.96. The van der Waals surface area contributed by atoms with E-state index in [2.05, 4.69) is 26.5 Å². The third kappa shape index (κ3) is 4.64. The zero-order valence-corrected chi connectivity index (χ0v) is 17.2. The lowest BCUT2D eigenvalue weighted by atomic mass is 9.95. The molecule has 0 aliphatic carbocycles. The van der Waals surface area contributed by atoms with E-state index in [0.717, 1.165) is 48.6 Å². The summed E-state index contributed by atoms with van der Waals surface area (Å²) in [6.45, 7) is 5.56. The summed E-state index contributed by atoms with van der Waals surface area (Å²) < 4.78 is 13.4. The Balaban J connectivity index is 1.35. The molecule has 6 heteroatoms. The van der Waals surface area contributed by atoms with Gasteiger partial charge in [0.15, 0.2) is 5.82 Å². The van der Waals surface area contributed by atoms with Crippen molar-refractivity contribution in [1.29, 1.82) is 0 Å². The predicted octanol–water partition coefficient (Wildman–Crippen LogP) is 4.75. The van der Waals surface area contributed by atoms with Crippen LogP contribution in [0.2, 0.25) is 0 Å². The Kier molecular flexibility index (Phi) is 5.74. The number of nitrogens with zero attached hydrogens (tertiary/aromatic N) is 3. The molecule has 1 saturated heterocycles. The van der Waals surface area contributed by atoms with Crippen LogP contribution in [-0.4, -0.2) is 29.2 Å². The smallest absolute Gasteiger partial charge is 0.227 e. The van der Waals surface area contributed by atoms with E-state index in [1.165, 1.54) is 12.1 Å². The topological polar surface area (TPSA) is 58.1 Å². The second-order valence-electron chi connectivity index (χ2n) is 7.91. The van der Waals surface area contributed by atoms with Crippen LogP contribution in [0.5, 0.6) is 0 Å². The SMILES string of the molecule is Cc1cc(C)cc(NC(=O)C2CCN(c3ccc(-c4cccc(F)c4)nn3)CC2)c1. The minimum atomic E-state index is -0.292. The minimum absolute atomic E-state index is 0.0124. The first kappa shape index (κ1) is 20.0. The maximum Gasteiger partial charge on any atom is 0.227 e. The van der Waals surface area contributed by atoms with Crippen LogP contribution in [0.1, 0.15) is 24.0 Å². The van der Waals surface area contributed by atoms with Crippen LogP contribution >= 0.6 is 0 Å². The summed E-state index contributed by atoms with van der Waals surface area (Å²) in [7, 11) is 0. The Labute approximate surface area is 176 Å². The van der Waals surface area contributed by atoms with Crippen molar-refractivity contribution in [2.75, 3.05) is 23.3 Å². The number of benzene rings is 2. The molecule has 1 aliphatic heterocycles. The number of aryl methyl sites for hydroxylation is 2. The van der Waals surface area contributed by atoms with Gasteiger partial charge in [0.05, 0.1) is 5.69 Å². The first-order valence-corrected chi connectivity index (χ1v) is 10.2. The molecule has 0 bridgehead atoms. The molecule has 3 aromatic rings. The fraction of sp³-hybridized carbons (Fsp3) is 0.292. The quantitative estimate of drug-likeness (QED) is 0.681. The van der Waals surface area contributed by atoms with Gasteiger partial charge in [0.25, 0.3) is 0 Å². The van der Waals surface area contributed by atoms with Crippen molar-refractivity contribution in [1.82, 2.24) is 10.2 Å². The number of carbonyl (C=O) groups is 1. The number of hydrogen-bond acceptors (Lipinski definition) is 4. The molecule has 0 radical (unpaired) electrons. The molecule has 1 aliphatic rings. The highest BCUT2D eigenvalue weighted by atomic mass is 19.1. The van der Waals surface area contributed by atoms with Crippen molar-refractivity contribution in [3.63, 3.8) is 0 Å². The van der Waals surface area contributed by atoms with Crippen molar-refractivity contribution < 1.29 is 9.18 Å². The number of rotatable bonds is 4. The summed E-state index contributed by atoms with van der Waals surface area (Å²) in [5.41, 5.74) is 4.48. The number of halogens is 1. The normalized spacial score (nSPS) is 14.6. The maximum atomic E-state index is 13.4. The molecule has 30 heavy (non-hydrogen) atoms. The van der Waals surface area contributed by atoms with E-state index in [9.17, 15) is 9.18 Å². The standard InChI is InChI=1S/C24H25FN4O/c1-16-12-17(2)14-21(13-16)26-24(30)18-8-10-29(11-9-18)23-7-6-22(27-28-23)19-4-3-5-20(25)15-19/h3-7,12-15,18H,8-11H2,1-2H3,(H,26,30). The number of anilines is 2. The van der Waals surface area contributed by atoms with Gasteiger partial charge < -0.3 is 10.2 Å². The van der Waals surface area contributed by atoms with Crippen LogP contribution in [0.15, 0.2) is 54.6 Å². The van der Waals surface area contributed by atoms with Crippen molar-refractivity contribution in [3.05, 3.63) is 71.5 Å². The zero-order chi connectivity index (χ0) is 21.1. The molecule has 0 spiro atoms. The van der Waals surface area contributed by atoms with Crippen LogP contribution in [0.4, 0.5) is 15.9 Å². The zero-order valence-electron chi connectivity index (χ0n) is 17.2. The van der Waals surface area contributed by atoms with Crippen molar-refractivity contribution in [2.24, 2.45) is 5.92 Å². The molecular weight excluding hydrogens is 379 g/mol. The third-order valence-corrected chi connectivity index (χ3v) is 5.45. The van der Waals surface area contributed by atoms with Gasteiger partial charge in [-0.15, -0.1) is 10.2 Å². The van der Waals surface area contributed by atoms with Gasteiger partial charge >= 0.3 is 0 Å². The van der Waals surface area contributed by atoms with E-state index in [-0.39, 0.29) is 17.6 Å². The monoisotopic (exact) mass is 404 g/mol. The number of amides is 1. The highest BCUT2D eigenvalue weighted by molar-refractivity contribution is 5.92. The minimum Gasteiger partial charge on any atom is -0.355 e. The largest absolute Gasteiger partial charge is 0.355 e. The van der Waals surface area contributed by atoms with Gasteiger partial charge in [0.1, 0.15) is 5.82 Å². The lowest BCUT2D eigenvalue weighted by Gasteiger charge is -2.31. The Morgan fingerprint density at radius 2 is 1.73 bits per heavy atom. The summed E-state index contributed by atoms with van der Waals surface area (Å²) in [5, 5.41) is 11.6. The summed E-state index contributed by atoms with van der Waals surface area (Å²) in [4.78, 5) is 14.8. The number of carbonyl (C=O) groups excluding carboxylic acids is 1. The van der Waals surface area contributed by atoms with Gasteiger partial charge in [-0.25, -0.2) is 4.39 Å². The predicted molar refractivity (Wildman–Crippen MR) is 117 cm³/mol. The van der Waals surface area contributed by atoms with Crippen molar-refractivity contribution in [3.8, 4) is 11.3 Å². The molecule has 1 N–H and O–H groups in total.